The zero-order valence-corrected chi connectivity index (χ0v) is 16.2. The van der Waals surface area contributed by atoms with E-state index in [4.69, 9.17) is 0 Å². The summed E-state index contributed by atoms with van der Waals surface area (Å²) in [4.78, 5) is 17.0. The first-order valence-corrected chi connectivity index (χ1v) is 9.65. The van der Waals surface area contributed by atoms with Crippen LogP contribution >= 0.6 is 27.3 Å². The van der Waals surface area contributed by atoms with Gasteiger partial charge in [0.2, 0.25) is 5.43 Å². The van der Waals surface area contributed by atoms with Gasteiger partial charge in [-0.1, -0.05) is 15.9 Å². The number of hydrogen-bond donors (Lipinski definition) is 0. The van der Waals surface area contributed by atoms with Crippen LogP contribution in [0.1, 0.15) is 11.3 Å². The average Bonchev–Trinajstić information content (AvgIpc) is 3.13. The molecule has 2 aromatic carbocycles. The minimum atomic E-state index is -0.287. The molecule has 4 aromatic rings. The molecule has 27 heavy (non-hydrogen) atoms. The second-order valence-electron chi connectivity index (χ2n) is 5.92. The molecule has 0 bridgehead atoms. The number of pyridine rings is 1. The molecular formula is C20H11BrFN3OS. The van der Waals surface area contributed by atoms with Crippen LogP contribution in [-0.4, -0.2) is 9.55 Å². The fraction of sp³-hybridized carbons (Fsp3) is 0.0500. The van der Waals surface area contributed by atoms with Gasteiger partial charge in [0.1, 0.15) is 22.5 Å². The maximum Gasteiger partial charge on any atom is 0.207 e. The first kappa shape index (κ1) is 17.6. The summed E-state index contributed by atoms with van der Waals surface area (Å²) >= 11 is 4.84. The molecule has 0 aliphatic heterocycles. The Hall–Kier alpha value is -2.82. The van der Waals surface area contributed by atoms with E-state index in [1.165, 1.54) is 23.5 Å². The van der Waals surface area contributed by atoms with Crippen LogP contribution in [0.25, 0.3) is 21.5 Å². The van der Waals surface area contributed by atoms with Crippen LogP contribution < -0.4 is 5.43 Å². The van der Waals surface area contributed by atoms with Crippen molar-refractivity contribution in [2.75, 3.05) is 0 Å². The van der Waals surface area contributed by atoms with Crippen LogP contribution in [-0.2, 0) is 6.54 Å². The molecule has 0 fully saturated rings. The maximum atomic E-state index is 13.1. The van der Waals surface area contributed by atoms with Crippen LogP contribution in [0.2, 0.25) is 0 Å². The van der Waals surface area contributed by atoms with Crippen molar-refractivity contribution in [3.63, 3.8) is 0 Å². The Morgan fingerprint density at radius 3 is 2.74 bits per heavy atom. The highest BCUT2D eigenvalue weighted by molar-refractivity contribution is 9.10. The largest absolute Gasteiger partial charge is 0.340 e. The van der Waals surface area contributed by atoms with E-state index in [1.807, 2.05) is 28.1 Å². The van der Waals surface area contributed by atoms with Gasteiger partial charge in [-0.2, -0.15) is 5.26 Å². The Morgan fingerprint density at radius 2 is 2.00 bits per heavy atom. The highest BCUT2D eigenvalue weighted by Crippen LogP contribution is 2.25. The van der Waals surface area contributed by atoms with Crippen molar-refractivity contribution in [1.29, 1.82) is 5.26 Å². The van der Waals surface area contributed by atoms with Gasteiger partial charge in [-0.25, -0.2) is 9.37 Å². The third-order valence-corrected chi connectivity index (χ3v) is 5.57. The topological polar surface area (TPSA) is 58.7 Å². The minimum absolute atomic E-state index is 0.0922. The minimum Gasteiger partial charge on any atom is -0.340 e. The highest BCUT2D eigenvalue weighted by atomic mass is 79.9. The third-order valence-electron chi connectivity index (χ3n) is 4.14. The fourth-order valence-electron chi connectivity index (χ4n) is 2.86. The van der Waals surface area contributed by atoms with Crippen molar-refractivity contribution in [3.8, 4) is 16.6 Å². The van der Waals surface area contributed by atoms with Gasteiger partial charge in [0.15, 0.2) is 0 Å². The number of rotatable bonds is 3. The van der Waals surface area contributed by atoms with Crippen molar-refractivity contribution in [3.05, 3.63) is 85.8 Å². The summed E-state index contributed by atoms with van der Waals surface area (Å²) in [6.07, 6.45) is 1.56. The molecule has 7 heteroatoms. The molecule has 0 spiro atoms. The molecule has 0 radical (unpaired) electrons. The third kappa shape index (κ3) is 3.42. The van der Waals surface area contributed by atoms with Gasteiger partial charge in [0.25, 0.3) is 0 Å². The molecule has 2 aromatic heterocycles. The summed E-state index contributed by atoms with van der Waals surface area (Å²) in [5, 5.41) is 12.5. The van der Waals surface area contributed by atoms with Gasteiger partial charge in [-0.15, -0.1) is 11.3 Å². The van der Waals surface area contributed by atoms with E-state index in [1.54, 1.807) is 24.4 Å². The number of aromatic nitrogens is 2. The molecule has 132 valence electrons. The quantitative estimate of drug-likeness (QED) is 0.453. The molecule has 0 atom stereocenters. The normalized spacial score (nSPS) is 10.9. The Balaban J connectivity index is 1.76. The molecule has 0 unspecified atom stereocenters. The number of hydrogen-bond acceptors (Lipinski definition) is 4. The van der Waals surface area contributed by atoms with Crippen molar-refractivity contribution in [1.82, 2.24) is 9.55 Å². The van der Waals surface area contributed by atoms with E-state index in [2.05, 4.69) is 20.9 Å². The SMILES string of the molecule is N#Cc1cn(Cc2csc(-c3ccc(F)cc3)n2)c2ccc(Br)cc2c1=O. The molecule has 4 nitrogen and oxygen atoms in total. The molecule has 2 heterocycles. The molecule has 0 saturated carbocycles. The summed E-state index contributed by atoms with van der Waals surface area (Å²) in [6, 6.07) is 13.6. The second kappa shape index (κ2) is 7.06. The van der Waals surface area contributed by atoms with Crippen molar-refractivity contribution >= 4 is 38.2 Å². The van der Waals surface area contributed by atoms with Gasteiger partial charge in [-0.05, 0) is 42.5 Å². The molecule has 0 amide bonds. The van der Waals surface area contributed by atoms with Crippen molar-refractivity contribution in [2.24, 2.45) is 0 Å². The van der Waals surface area contributed by atoms with Crippen LogP contribution in [0.4, 0.5) is 4.39 Å². The first-order valence-electron chi connectivity index (χ1n) is 7.98. The van der Waals surface area contributed by atoms with E-state index in [0.717, 1.165) is 26.3 Å². The second-order valence-corrected chi connectivity index (χ2v) is 7.70. The highest BCUT2D eigenvalue weighted by Gasteiger charge is 2.12. The lowest BCUT2D eigenvalue weighted by Gasteiger charge is -2.10. The molecular weight excluding hydrogens is 429 g/mol. The van der Waals surface area contributed by atoms with E-state index in [0.29, 0.717) is 11.9 Å². The molecule has 0 aliphatic rings. The fourth-order valence-corrected chi connectivity index (χ4v) is 4.04. The van der Waals surface area contributed by atoms with E-state index >= 15 is 0 Å². The van der Waals surface area contributed by atoms with E-state index in [-0.39, 0.29) is 16.8 Å². The van der Waals surface area contributed by atoms with Crippen molar-refractivity contribution in [2.45, 2.75) is 6.54 Å². The number of thiazole rings is 1. The zero-order chi connectivity index (χ0) is 19.0. The summed E-state index contributed by atoms with van der Waals surface area (Å²) in [6.45, 7) is 0.421. The zero-order valence-electron chi connectivity index (χ0n) is 13.8. The Bertz CT molecular complexity index is 1260. The summed E-state index contributed by atoms with van der Waals surface area (Å²) < 4.78 is 15.7. The summed E-state index contributed by atoms with van der Waals surface area (Å²) in [7, 11) is 0. The molecule has 4 rings (SSSR count). The summed E-state index contributed by atoms with van der Waals surface area (Å²) in [5.74, 6) is -0.287. The predicted octanol–water partition coefficient (Wildman–Crippen LogP) is 4.95. The summed E-state index contributed by atoms with van der Waals surface area (Å²) in [5.41, 5.74) is 2.19. The van der Waals surface area contributed by atoms with E-state index < -0.39 is 0 Å². The van der Waals surface area contributed by atoms with Crippen LogP contribution in [0.3, 0.4) is 0 Å². The number of nitriles is 1. The molecule has 0 N–H and O–H groups in total. The van der Waals surface area contributed by atoms with Crippen LogP contribution in [0.15, 0.2) is 63.3 Å². The van der Waals surface area contributed by atoms with Gasteiger partial charge in [-0.3, -0.25) is 4.79 Å². The number of fused-ring (bicyclic) bond motifs is 1. The maximum absolute atomic E-state index is 13.1. The number of halogens is 2. The predicted molar refractivity (Wildman–Crippen MR) is 107 cm³/mol. The number of benzene rings is 2. The monoisotopic (exact) mass is 439 g/mol. The van der Waals surface area contributed by atoms with Gasteiger partial charge >= 0.3 is 0 Å². The van der Waals surface area contributed by atoms with Gasteiger partial charge in [0, 0.05) is 27.0 Å². The Kier molecular flexibility index (Phi) is 4.60. The first-order chi connectivity index (χ1) is 13.0. The average molecular weight is 440 g/mol. The van der Waals surface area contributed by atoms with Gasteiger partial charge in [0.05, 0.1) is 17.8 Å². The van der Waals surface area contributed by atoms with Crippen molar-refractivity contribution < 1.29 is 4.39 Å². The number of nitrogens with zero attached hydrogens (tertiary/aromatic N) is 3. The van der Waals surface area contributed by atoms with E-state index in [9.17, 15) is 14.4 Å². The lowest BCUT2D eigenvalue weighted by Crippen LogP contribution is -2.13. The Labute approximate surface area is 166 Å². The molecule has 0 saturated heterocycles. The lowest BCUT2D eigenvalue weighted by atomic mass is 10.1. The Morgan fingerprint density at radius 1 is 1.22 bits per heavy atom. The lowest BCUT2D eigenvalue weighted by molar-refractivity contribution is 0.628. The smallest absolute Gasteiger partial charge is 0.207 e. The standard InChI is InChI=1S/C20H11BrFN3OS/c21-14-3-6-18-17(7-14)19(26)13(8-23)9-25(18)10-16-11-27-20(24-16)12-1-4-15(22)5-2-12/h1-7,9,11H,10H2. The van der Waals surface area contributed by atoms with Crippen LogP contribution in [0.5, 0.6) is 0 Å². The van der Waals surface area contributed by atoms with Gasteiger partial charge < -0.3 is 4.57 Å². The van der Waals surface area contributed by atoms with Crippen LogP contribution in [0, 0.1) is 17.1 Å². The molecule has 0 aliphatic carbocycles.